The number of tetrazole rings is 1. The van der Waals surface area contributed by atoms with E-state index in [-0.39, 0.29) is 11.8 Å². The summed E-state index contributed by atoms with van der Waals surface area (Å²) in [6.07, 6.45) is 0.558. The van der Waals surface area contributed by atoms with Crippen molar-refractivity contribution < 1.29 is 9.59 Å². The van der Waals surface area contributed by atoms with Crippen molar-refractivity contribution in [2.24, 2.45) is 0 Å². The summed E-state index contributed by atoms with van der Waals surface area (Å²) in [4.78, 5) is 29.2. The second-order valence-corrected chi connectivity index (χ2v) is 6.63. The minimum atomic E-state index is -0.507. The van der Waals surface area contributed by atoms with Gasteiger partial charge in [-0.05, 0) is 35.9 Å². The summed E-state index contributed by atoms with van der Waals surface area (Å²) < 4.78 is 0. The maximum absolute atomic E-state index is 12.9. The molecule has 1 fully saturated rings. The second kappa shape index (κ2) is 7.82. The monoisotopic (exact) mass is 376 g/mol. The molecule has 2 amide bonds. The average molecular weight is 377 g/mol. The Morgan fingerprint density at radius 1 is 1.12 bits per heavy atom. The second-order valence-electron chi connectivity index (χ2n) is 6.20. The molecular weight excluding hydrogens is 356 g/mol. The van der Waals surface area contributed by atoms with Crippen LogP contribution in [0.15, 0.2) is 24.3 Å². The highest BCUT2D eigenvalue weighted by Gasteiger charge is 2.30. The van der Waals surface area contributed by atoms with Crippen LogP contribution in [0.3, 0.4) is 0 Å². The molecule has 0 N–H and O–H groups in total. The van der Waals surface area contributed by atoms with Crippen LogP contribution in [0.4, 0.5) is 0 Å². The molecule has 8 nitrogen and oxygen atoms in total. The molecule has 0 aliphatic carbocycles. The van der Waals surface area contributed by atoms with Crippen molar-refractivity contribution in [3.05, 3.63) is 29.3 Å². The summed E-state index contributed by atoms with van der Waals surface area (Å²) in [7, 11) is 0. The number of rotatable bonds is 4. The Hall–Kier alpha value is -2.48. The van der Waals surface area contributed by atoms with E-state index in [1.807, 2.05) is 19.1 Å². The van der Waals surface area contributed by atoms with E-state index < -0.39 is 6.04 Å². The first kappa shape index (κ1) is 18.3. The third-order valence-electron chi connectivity index (χ3n) is 4.52. The molecular formula is C17H21ClN6O2. The molecule has 26 heavy (non-hydrogen) atoms. The molecule has 3 rings (SSSR count). The number of carbonyl (C=O) groups is 2. The van der Waals surface area contributed by atoms with Gasteiger partial charge in [-0.1, -0.05) is 18.5 Å². The number of amides is 2. The molecule has 1 aliphatic heterocycles. The molecule has 0 bridgehead atoms. The summed E-state index contributed by atoms with van der Waals surface area (Å²) >= 11 is 5.90. The Labute approximate surface area is 156 Å². The zero-order valence-corrected chi connectivity index (χ0v) is 15.6. The SMILES string of the molecule is CCC(C(=O)N1CCN(C(C)=O)CC1)n1nnc(-c2ccc(Cl)cc2)n1. The minimum absolute atomic E-state index is 0.0367. The van der Waals surface area contributed by atoms with Crippen LogP contribution in [0, 0.1) is 0 Å². The van der Waals surface area contributed by atoms with E-state index in [0.717, 1.165) is 5.56 Å². The lowest BCUT2D eigenvalue weighted by Crippen LogP contribution is -2.51. The first-order chi connectivity index (χ1) is 12.5. The van der Waals surface area contributed by atoms with Crippen LogP contribution in [-0.2, 0) is 9.59 Å². The van der Waals surface area contributed by atoms with E-state index >= 15 is 0 Å². The predicted molar refractivity (Wildman–Crippen MR) is 96.4 cm³/mol. The van der Waals surface area contributed by atoms with Crippen molar-refractivity contribution in [3.8, 4) is 11.4 Å². The predicted octanol–water partition coefficient (Wildman–Crippen LogP) is 1.64. The Balaban J connectivity index is 1.72. The van der Waals surface area contributed by atoms with Gasteiger partial charge in [-0.15, -0.1) is 10.2 Å². The lowest BCUT2D eigenvalue weighted by molar-refractivity contribution is -0.141. The lowest BCUT2D eigenvalue weighted by Gasteiger charge is -2.35. The number of aromatic nitrogens is 4. The average Bonchev–Trinajstić information content (AvgIpc) is 3.12. The highest BCUT2D eigenvalue weighted by atomic mass is 35.5. The van der Waals surface area contributed by atoms with Crippen LogP contribution >= 0.6 is 11.6 Å². The van der Waals surface area contributed by atoms with Gasteiger partial charge in [0.05, 0.1) is 0 Å². The van der Waals surface area contributed by atoms with E-state index in [1.54, 1.807) is 28.9 Å². The minimum Gasteiger partial charge on any atom is -0.339 e. The molecule has 1 atom stereocenters. The van der Waals surface area contributed by atoms with Gasteiger partial charge in [-0.3, -0.25) is 9.59 Å². The Morgan fingerprint density at radius 2 is 1.73 bits per heavy atom. The maximum atomic E-state index is 12.9. The smallest absolute Gasteiger partial charge is 0.249 e. The highest BCUT2D eigenvalue weighted by molar-refractivity contribution is 6.30. The van der Waals surface area contributed by atoms with Crippen molar-refractivity contribution in [1.29, 1.82) is 0 Å². The molecule has 9 heteroatoms. The van der Waals surface area contributed by atoms with Gasteiger partial charge in [0, 0.05) is 43.7 Å². The number of carbonyl (C=O) groups excluding carboxylic acids is 2. The fourth-order valence-corrected chi connectivity index (χ4v) is 3.09. The quantitative estimate of drug-likeness (QED) is 0.809. The van der Waals surface area contributed by atoms with E-state index in [1.165, 1.54) is 4.80 Å². The molecule has 1 aromatic heterocycles. The van der Waals surface area contributed by atoms with Gasteiger partial charge in [-0.2, -0.15) is 4.80 Å². The molecule has 0 spiro atoms. The van der Waals surface area contributed by atoms with Crippen molar-refractivity contribution in [1.82, 2.24) is 30.0 Å². The van der Waals surface area contributed by atoms with Crippen molar-refractivity contribution in [3.63, 3.8) is 0 Å². The lowest BCUT2D eigenvalue weighted by atomic mass is 10.2. The zero-order valence-electron chi connectivity index (χ0n) is 14.8. The summed E-state index contributed by atoms with van der Waals surface area (Å²) in [5, 5.41) is 13.2. The number of benzene rings is 1. The molecule has 1 aliphatic rings. The van der Waals surface area contributed by atoms with E-state index in [4.69, 9.17) is 11.6 Å². The topological polar surface area (TPSA) is 84.2 Å². The molecule has 1 saturated heterocycles. The molecule has 0 radical (unpaired) electrons. The highest BCUT2D eigenvalue weighted by Crippen LogP contribution is 2.20. The van der Waals surface area contributed by atoms with Gasteiger partial charge in [0.15, 0.2) is 6.04 Å². The number of hydrogen-bond donors (Lipinski definition) is 0. The van der Waals surface area contributed by atoms with Crippen LogP contribution in [0.2, 0.25) is 5.02 Å². The molecule has 1 aromatic carbocycles. The Bertz CT molecular complexity index is 783. The van der Waals surface area contributed by atoms with E-state index in [2.05, 4.69) is 15.4 Å². The summed E-state index contributed by atoms with van der Waals surface area (Å²) in [6, 6.07) is 6.64. The molecule has 2 aromatic rings. The summed E-state index contributed by atoms with van der Waals surface area (Å²) in [6.45, 7) is 5.61. The van der Waals surface area contributed by atoms with Gasteiger partial charge >= 0.3 is 0 Å². The standard InChI is InChI=1S/C17H21ClN6O2/c1-3-15(17(26)23-10-8-22(9-11-23)12(2)25)24-20-16(19-21-24)13-4-6-14(18)7-5-13/h4-7,15H,3,8-11H2,1-2H3. The van der Waals surface area contributed by atoms with Crippen LogP contribution in [0.1, 0.15) is 26.3 Å². The molecule has 138 valence electrons. The number of hydrogen-bond acceptors (Lipinski definition) is 5. The van der Waals surface area contributed by atoms with E-state index in [0.29, 0.717) is 43.4 Å². The fourth-order valence-electron chi connectivity index (χ4n) is 2.96. The van der Waals surface area contributed by atoms with Crippen LogP contribution in [0.25, 0.3) is 11.4 Å². The summed E-state index contributed by atoms with van der Waals surface area (Å²) in [5.41, 5.74) is 0.790. The molecule has 1 unspecified atom stereocenters. The number of halogens is 1. The number of nitrogens with zero attached hydrogens (tertiary/aromatic N) is 6. The number of piperazine rings is 1. The van der Waals surface area contributed by atoms with Gasteiger partial charge in [0.1, 0.15) is 0 Å². The Morgan fingerprint density at radius 3 is 2.31 bits per heavy atom. The van der Waals surface area contributed by atoms with Crippen molar-refractivity contribution in [2.75, 3.05) is 26.2 Å². The van der Waals surface area contributed by atoms with Gasteiger partial charge in [0.2, 0.25) is 17.6 Å². The zero-order chi connectivity index (χ0) is 18.7. The van der Waals surface area contributed by atoms with Gasteiger partial charge in [0.25, 0.3) is 0 Å². The van der Waals surface area contributed by atoms with Crippen molar-refractivity contribution >= 4 is 23.4 Å². The fraction of sp³-hybridized carbons (Fsp3) is 0.471. The van der Waals surface area contributed by atoms with Crippen LogP contribution < -0.4 is 0 Å². The largest absolute Gasteiger partial charge is 0.339 e. The third kappa shape index (κ3) is 3.85. The van der Waals surface area contributed by atoms with Crippen LogP contribution in [-0.4, -0.2) is 68.0 Å². The van der Waals surface area contributed by atoms with Gasteiger partial charge in [-0.25, -0.2) is 0 Å². The van der Waals surface area contributed by atoms with Crippen molar-refractivity contribution in [2.45, 2.75) is 26.3 Å². The first-order valence-corrected chi connectivity index (χ1v) is 8.97. The molecule has 2 heterocycles. The summed E-state index contributed by atoms with van der Waals surface area (Å²) in [5.74, 6) is 0.444. The molecule has 0 saturated carbocycles. The van der Waals surface area contributed by atoms with Gasteiger partial charge < -0.3 is 9.80 Å². The maximum Gasteiger partial charge on any atom is 0.249 e. The normalized spacial score (nSPS) is 15.8. The van der Waals surface area contributed by atoms with E-state index in [9.17, 15) is 9.59 Å². The van der Waals surface area contributed by atoms with Crippen LogP contribution in [0.5, 0.6) is 0 Å². The first-order valence-electron chi connectivity index (χ1n) is 8.59. The Kier molecular flexibility index (Phi) is 5.51. The third-order valence-corrected chi connectivity index (χ3v) is 4.77.